The molecular formula is C68H111N5O29S2. The highest BCUT2D eigenvalue weighted by Crippen LogP contribution is 2.27. The van der Waals surface area contributed by atoms with E-state index in [1.54, 1.807) is 53.0 Å². The summed E-state index contributed by atoms with van der Waals surface area (Å²) in [5.41, 5.74) is 1.20. The third-order valence-corrected chi connectivity index (χ3v) is 15.3. The Morgan fingerprint density at radius 3 is 1.34 bits per heavy atom. The fraction of sp³-hybridized carbons (Fsp3) is 0.750. The van der Waals surface area contributed by atoms with Crippen LogP contribution in [0.25, 0.3) is 0 Å². The first-order valence-electron chi connectivity index (χ1n) is 34.7. The predicted molar refractivity (Wildman–Crippen MR) is 376 cm³/mol. The molecule has 1 aromatic carbocycles. The van der Waals surface area contributed by atoms with Crippen LogP contribution in [0.1, 0.15) is 52.2 Å². The molecule has 4 N–H and O–H groups in total. The number of nitrogens with one attached hydrogen (secondary N) is 3. The zero-order valence-electron chi connectivity index (χ0n) is 61.0. The summed E-state index contributed by atoms with van der Waals surface area (Å²) in [4.78, 5) is 93.8. The number of carbonyl (C=O) groups excluding carboxylic acids is 7. The lowest BCUT2D eigenvalue weighted by Gasteiger charge is -2.27. The monoisotopic (exact) mass is 1530 g/mol. The Balaban J connectivity index is 1.17. The van der Waals surface area contributed by atoms with Crippen molar-refractivity contribution in [3.63, 3.8) is 0 Å². The van der Waals surface area contributed by atoms with Crippen LogP contribution < -0.4 is 16.0 Å². The number of benzene rings is 1. The summed E-state index contributed by atoms with van der Waals surface area (Å²) in [6.45, 7) is 20.6. The fourth-order valence-corrected chi connectivity index (χ4v) is 9.37. The van der Waals surface area contributed by atoms with Gasteiger partial charge in [0.2, 0.25) is 23.6 Å². The Morgan fingerprint density at radius 2 is 0.962 bits per heavy atom. The molecule has 2 aliphatic rings. The van der Waals surface area contributed by atoms with Gasteiger partial charge in [0.1, 0.15) is 36.1 Å². The number of rotatable bonds is 66. The van der Waals surface area contributed by atoms with E-state index in [1.807, 2.05) is 0 Å². The second-order valence-corrected chi connectivity index (χ2v) is 26.4. The minimum absolute atomic E-state index is 0.0104. The number of hydrogen-bond donors (Lipinski definition) is 5. The minimum atomic E-state index is -4.37. The Morgan fingerprint density at radius 1 is 0.567 bits per heavy atom. The number of methoxy groups -OCH3 is 1. The third-order valence-electron chi connectivity index (χ3n) is 14.4. The van der Waals surface area contributed by atoms with Gasteiger partial charge >= 0.3 is 5.97 Å². The molecule has 0 aromatic heterocycles. The highest BCUT2D eigenvalue weighted by Gasteiger charge is 2.47. The van der Waals surface area contributed by atoms with Gasteiger partial charge in [-0.2, -0.15) is 21.0 Å². The lowest BCUT2D eigenvalue weighted by atomic mass is 10.0. The molecule has 594 valence electrons. The summed E-state index contributed by atoms with van der Waals surface area (Å²) >= 11 is 4.29. The van der Waals surface area contributed by atoms with Crippen molar-refractivity contribution in [2.45, 2.75) is 76.6 Å². The molecule has 36 heteroatoms. The van der Waals surface area contributed by atoms with Gasteiger partial charge in [-0.25, -0.2) is 0 Å². The predicted octanol–water partition coefficient (Wildman–Crippen LogP) is 0.0846. The van der Waals surface area contributed by atoms with Crippen LogP contribution in [-0.4, -0.2) is 344 Å². The van der Waals surface area contributed by atoms with Crippen molar-refractivity contribution in [3.05, 3.63) is 41.5 Å². The number of imide groups is 1. The highest BCUT2D eigenvalue weighted by atomic mass is 32.2. The molecule has 2 aliphatic heterocycles. The molecule has 0 saturated carbocycles. The molecule has 0 bridgehead atoms. The number of anilines is 1. The van der Waals surface area contributed by atoms with Crippen molar-refractivity contribution in [3.8, 4) is 11.8 Å². The Labute approximate surface area is 616 Å². The van der Waals surface area contributed by atoms with Crippen LogP contribution in [0.3, 0.4) is 0 Å². The lowest BCUT2D eigenvalue weighted by molar-refractivity contribution is -0.147. The SMILES string of the molecule is COCCOCCOCCOCCOCCOCCOCCOCCOCCOCCOCCOCCOCCOCCOCCOCCOCC#Cc1cc(NC(=O)[C@H](C)NC(=O)[C@@H](NC(=O)CN2C(=O)[C@@H](N3C(=O)C=CC3=O)C[C@H]2COCCS(=O)(=O)O)C(C)C)ccc1COC(=O)C(C)(C)S. The third kappa shape index (κ3) is 44.6. The summed E-state index contributed by atoms with van der Waals surface area (Å²) in [6, 6.07) is 0.179. The highest BCUT2D eigenvalue weighted by molar-refractivity contribution is 7.85. The van der Waals surface area contributed by atoms with Gasteiger partial charge in [0.05, 0.1) is 243 Å². The quantitative estimate of drug-likeness (QED) is 0.0144. The number of amides is 6. The molecule has 0 unspecified atom stereocenters. The van der Waals surface area contributed by atoms with Crippen LogP contribution in [0.15, 0.2) is 30.4 Å². The van der Waals surface area contributed by atoms with Crippen LogP contribution in [0.2, 0.25) is 0 Å². The normalized spacial score (nSPS) is 15.3. The summed E-state index contributed by atoms with van der Waals surface area (Å²) in [7, 11) is -2.74. The summed E-state index contributed by atoms with van der Waals surface area (Å²) < 4.78 is 134. The van der Waals surface area contributed by atoms with E-state index in [9.17, 15) is 42.0 Å². The molecule has 1 saturated heterocycles. The number of carbonyl (C=O) groups is 7. The molecule has 2 heterocycles. The smallest absolute Gasteiger partial charge is 0.321 e. The Hall–Kier alpha value is -5.45. The molecule has 4 atom stereocenters. The summed E-state index contributed by atoms with van der Waals surface area (Å²) in [6.07, 6.45) is 1.87. The molecule has 104 heavy (non-hydrogen) atoms. The van der Waals surface area contributed by atoms with Crippen LogP contribution >= 0.6 is 12.6 Å². The lowest BCUT2D eigenvalue weighted by Crippen LogP contribution is -2.56. The number of ether oxygens (including phenoxy) is 19. The number of hydrogen-bond acceptors (Lipinski definition) is 29. The summed E-state index contributed by atoms with van der Waals surface area (Å²) in [5, 5.41) is 7.94. The Kier molecular flexibility index (Phi) is 51.5. The first-order valence-corrected chi connectivity index (χ1v) is 36.7. The molecule has 1 fully saturated rings. The topological polar surface area (TPSA) is 392 Å². The number of thiol groups is 1. The van der Waals surface area contributed by atoms with E-state index < -0.39 is 105 Å². The standard InChI is InChI=1S/C68H111N5O29S2/c1-53(2)63(71-60(74)50-72-58(52-101-46-47-104(81,82)83)49-59(66(72)79)73-61(75)11-12-62(73)76)65(78)69-54(3)64(77)70-57-10-9-56(51-102-67(80)68(4,5)103)55(48-57)8-7-13-85-16-17-87-20-21-89-24-25-91-28-29-93-32-33-95-36-37-97-40-41-99-44-45-100-43-42-98-39-38-96-35-34-94-31-30-92-27-26-90-23-22-88-19-18-86-15-14-84-6/h9-12,48,53-54,58-59,63,103H,13-47,49-52H2,1-6H3,(H,69,78)(H,70,77)(H,71,74)(H,81,82,83)/t54-,58-,59-,63-/m0/s1. The van der Waals surface area contributed by atoms with E-state index in [-0.39, 0.29) is 45.1 Å². The van der Waals surface area contributed by atoms with Gasteiger partial charge in [0, 0.05) is 42.5 Å². The van der Waals surface area contributed by atoms with E-state index in [1.165, 1.54) is 6.92 Å². The van der Waals surface area contributed by atoms with Crippen molar-refractivity contribution in [2.75, 3.05) is 256 Å². The van der Waals surface area contributed by atoms with E-state index in [0.29, 0.717) is 209 Å². The van der Waals surface area contributed by atoms with Gasteiger partial charge in [0.15, 0.2) is 0 Å². The van der Waals surface area contributed by atoms with Gasteiger partial charge in [-0.05, 0) is 38.8 Å². The van der Waals surface area contributed by atoms with Crippen molar-refractivity contribution in [2.24, 2.45) is 5.92 Å². The van der Waals surface area contributed by atoms with Crippen molar-refractivity contribution >= 4 is 69.8 Å². The molecule has 3 rings (SSSR count). The van der Waals surface area contributed by atoms with Gasteiger partial charge in [0.25, 0.3) is 21.9 Å². The maximum atomic E-state index is 13.7. The van der Waals surface area contributed by atoms with E-state index in [2.05, 4.69) is 40.4 Å². The van der Waals surface area contributed by atoms with Crippen LogP contribution in [-0.2, 0) is 140 Å². The van der Waals surface area contributed by atoms with E-state index in [0.717, 1.165) is 22.0 Å². The zero-order valence-corrected chi connectivity index (χ0v) is 62.7. The molecule has 1 aromatic rings. The largest absolute Gasteiger partial charge is 0.460 e. The molecular weight excluding hydrogens is 1410 g/mol. The second-order valence-electron chi connectivity index (χ2n) is 23.7. The summed E-state index contributed by atoms with van der Waals surface area (Å²) in [5.74, 6) is -0.326. The minimum Gasteiger partial charge on any atom is -0.460 e. The number of likely N-dealkylation sites (tertiary alicyclic amines) is 1. The van der Waals surface area contributed by atoms with Gasteiger partial charge in [-0.3, -0.25) is 43.0 Å². The van der Waals surface area contributed by atoms with Gasteiger partial charge in [-0.1, -0.05) is 31.8 Å². The van der Waals surface area contributed by atoms with Crippen molar-refractivity contribution in [1.29, 1.82) is 0 Å². The fourth-order valence-electron chi connectivity index (χ4n) is 8.98. The first-order chi connectivity index (χ1) is 50.1. The van der Waals surface area contributed by atoms with Crippen LogP contribution in [0, 0.1) is 17.8 Å². The van der Waals surface area contributed by atoms with Gasteiger partial charge < -0.3 is 111 Å². The first kappa shape index (κ1) is 92.8. The van der Waals surface area contributed by atoms with Crippen molar-refractivity contribution < 1.29 is 137 Å². The van der Waals surface area contributed by atoms with Gasteiger partial charge in [-0.15, -0.1) is 0 Å². The average molecular weight is 1530 g/mol. The maximum absolute atomic E-state index is 13.7. The van der Waals surface area contributed by atoms with E-state index in [4.69, 9.17) is 94.6 Å². The molecule has 0 radical (unpaired) electrons. The van der Waals surface area contributed by atoms with Crippen LogP contribution in [0.5, 0.6) is 0 Å². The molecule has 0 spiro atoms. The van der Waals surface area contributed by atoms with E-state index >= 15 is 0 Å². The van der Waals surface area contributed by atoms with Crippen molar-refractivity contribution in [1.82, 2.24) is 20.4 Å². The molecule has 0 aliphatic carbocycles. The average Bonchev–Trinajstić information content (AvgIpc) is 1.63. The van der Waals surface area contributed by atoms with Crippen LogP contribution in [0.4, 0.5) is 5.69 Å². The number of esters is 1. The zero-order chi connectivity index (χ0) is 75.9. The maximum Gasteiger partial charge on any atom is 0.321 e. The molecule has 6 amide bonds. The number of nitrogens with zero attached hydrogens (tertiary/aromatic N) is 2. The second kappa shape index (κ2) is 57.7. The molecule has 34 nitrogen and oxygen atoms in total. The Bertz CT molecular complexity index is 2770.